The number of aromatic nitrogens is 2. The van der Waals surface area contributed by atoms with Crippen molar-refractivity contribution in [2.24, 2.45) is 0 Å². The van der Waals surface area contributed by atoms with E-state index >= 15 is 0 Å². The number of nitrogens with one attached hydrogen (secondary N) is 2. The maximum absolute atomic E-state index is 12.4. The van der Waals surface area contributed by atoms with Gasteiger partial charge in [-0.05, 0) is 23.8 Å². The quantitative estimate of drug-likeness (QED) is 0.471. The molecule has 0 unspecified atom stereocenters. The van der Waals surface area contributed by atoms with Crippen LogP contribution in [0, 0.1) is 0 Å². The molecular weight excluding hydrogens is 350 g/mol. The van der Waals surface area contributed by atoms with E-state index in [0.29, 0.717) is 18.1 Å². The van der Waals surface area contributed by atoms with Crippen LogP contribution in [-0.2, 0) is 6.54 Å². The van der Waals surface area contributed by atoms with Crippen molar-refractivity contribution in [1.82, 2.24) is 9.97 Å². The summed E-state index contributed by atoms with van der Waals surface area (Å²) in [4.78, 5) is 19.6. The summed E-state index contributed by atoms with van der Waals surface area (Å²) < 4.78 is 5.86. The van der Waals surface area contributed by atoms with E-state index in [0.717, 1.165) is 33.1 Å². The Kier molecular flexibility index (Phi) is 3.91. The van der Waals surface area contributed by atoms with E-state index in [2.05, 4.69) is 27.4 Å². The third kappa shape index (κ3) is 2.93. The average Bonchev–Trinajstić information content (AvgIpc) is 3.11. The van der Waals surface area contributed by atoms with Crippen LogP contribution >= 0.6 is 0 Å². The fraction of sp³-hybridized carbons (Fsp3) is 0.0435. The van der Waals surface area contributed by atoms with Crippen molar-refractivity contribution in [3.05, 3.63) is 94.9 Å². The summed E-state index contributed by atoms with van der Waals surface area (Å²) in [5, 5.41) is 5.34. The number of para-hydroxylation sites is 1. The number of benzene rings is 3. The molecule has 0 fully saturated rings. The Labute approximate surface area is 160 Å². The molecular formula is C23H17N3O2. The first-order chi connectivity index (χ1) is 13.8. The van der Waals surface area contributed by atoms with E-state index in [9.17, 15) is 4.79 Å². The molecule has 5 nitrogen and oxygen atoms in total. The van der Waals surface area contributed by atoms with Crippen LogP contribution in [0.15, 0.2) is 88.2 Å². The lowest BCUT2D eigenvalue weighted by Crippen LogP contribution is -2.15. The lowest BCUT2D eigenvalue weighted by atomic mass is 10.1. The molecule has 5 aromatic rings. The summed E-state index contributed by atoms with van der Waals surface area (Å²) in [6, 6.07) is 23.6. The standard InChI is InChI=1S/C23H17N3O2/c27-23-19(14-25-22(26-23)16-6-2-1-3-7-16)24-13-15-10-11-21-18(12-15)17-8-4-5-9-20(17)28-21/h1-12,14,24H,13H2,(H,25,26,27). The van der Waals surface area contributed by atoms with E-state index in [1.165, 1.54) is 0 Å². The van der Waals surface area contributed by atoms with Crippen molar-refractivity contribution in [3.63, 3.8) is 0 Å². The second-order valence-electron chi connectivity index (χ2n) is 6.62. The Hall–Kier alpha value is -3.86. The summed E-state index contributed by atoms with van der Waals surface area (Å²) in [6.45, 7) is 0.519. The zero-order valence-electron chi connectivity index (χ0n) is 15.0. The number of anilines is 1. The zero-order chi connectivity index (χ0) is 18.9. The van der Waals surface area contributed by atoms with Gasteiger partial charge in [-0.25, -0.2) is 4.98 Å². The number of rotatable bonds is 4. The monoisotopic (exact) mass is 367 g/mol. The summed E-state index contributed by atoms with van der Waals surface area (Å²) in [6.07, 6.45) is 1.58. The van der Waals surface area contributed by atoms with Gasteiger partial charge in [-0.3, -0.25) is 4.79 Å². The van der Waals surface area contributed by atoms with Crippen molar-refractivity contribution < 1.29 is 4.42 Å². The third-order valence-electron chi connectivity index (χ3n) is 4.77. The first-order valence-electron chi connectivity index (χ1n) is 9.07. The van der Waals surface area contributed by atoms with Gasteiger partial charge in [0.25, 0.3) is 5.56 Å². The highest BCUT2D eigenvalue weighted by Crippen LogP contribution is 2.29. The average molecular weight is 367 g/mol. The molecule has 0 spiro atoms. The predicted octanol–water partition coefficient (Wildman–Crippen LogP) is 4.95. The lowest BCUT2D eigenvalue weighted by Gasteiger charge is -2.07. The fourth-order valence-corrected chi connectivity index (χ4v) is 3.34. The van der Waals surface area contributed by atoms with Crippen molar-refractivity contribution in [1.29, 1.82) is 0 Å². The normalized spacial score (nSPS) is 11.1. The van der Waals surface area contributed by atoms with Gasteiger partial charge in [0, 0.05) is 22.9 Å². The first-order valence-corrected chi connectivity index (χ1v) is 9.07. The van der Waals surface area contributed by atoms with Gasteiger partial charge in [-0.15, -0.1) is 0 Å². The molecule has 0 saturated heterocycles. The highest BCUT2D eigenvalue weighted by atomic mass is 16.3. The molecule has 0 radical (unpaired) electrons. The molecule has 5 heteroatoms. The largest absolute Gasteiger partial charge is 0.456 e. The highest BCUT2D eigenvalue weighted by molar-refractivity contribution is 6.04. The lowest BCUT2D eigenvalue weighted by molar-refractivity contribution is 0.669. The maximum Gasteiger partial charge on any atom is 0.274 e. The van der Waals surface area contributed by atoms with Gasteiger partial charge in [0.05, 0.1) is 6.20 Å². The minimum Gasteiger partial charge on any atom is -0.456 e. The van der Waals surface area contributed by atoms with E-state index < -0.39 is 0 Å². The molecule has 0 atom stereocenters. The van der Waals surface area contributed by atoms with Crippen molar-refractivity contribution in [2.75, 3.05) is 5.32 Å². The number of furan rings is 1. The van der Waals surface area contributed by atoms with Crippen LogP contribution in [0.5, 0.6) is 0 Å². The van der Waals surface area contributed by atoms with E-state index in [1.807, 2.05) is 60.7 Å². The molecule has 0 bridgehead atoms. The molecule has 5 rings (SSSR count). The number of fused-ring (bicyclic) bond motifs is 3. The van der Waals surface area contributed by atoms with E-state index in [-0.39, 0.29) is 5.56 Å². The van der Waals surface area contributed by atoms with E-state index in [1.54, 1.807) is 6.20 Å². The van der Waals surface area contributed by atoms with Gasteiger partial charge >= 0.3 is 0 Å². The molecule has 3 aromatic carbocycles. The molecule has 0 aliphatic carbocycles. The predicted molar refractivity (Wildman–Crippen MR) is 111 cm³/mol. The smallest absolute Gasteiger partial charge is 0.274 e. The van der Waals surface area contributed by atoms with Crippen LogP contribution in [0.2, 0.25) is 0 Å². The van der Waals surface area contributed by atoms with Crippen molar-refractivity contribution in [3.8, 4) is 11.4 Å². The van der Waals surface area contributed by atoms with Crippen molar-refractivity contribution >= 4 is 27.6 Å². The minimum absolute atomic E-state index is 0.191. The van der Waals surface area contributed by atoms with Gasteiger partial charge < -0.3 is 14.7 Å². The molecule has 2 N–H and O–H groups in total. The molecule has 0 saturated carbocycles. The molecule has 0 aliphatic heterocycles. The van der Waals surface area contributed by atoms with Crippen LogP contribution in [0.25, 0.3) is 33.3 Å². The molecule has 28 heavy (non-hydrogen) atoms. The molecule has 2 aromatic heterocycles. The molecule has 2 heterocycles. The first kappa shape index (κ1) is 16.3. The van der Waals surface area contributed by atoms with Gasteiger partial charge in [-0.1, -0.05) is 54.6 Å². The Morgan fingerprint density at radius 1 is 0.893 bits per heavy atom. The SMILES string of the molecule is O=c1[nH]c(-c2ccccc2)ncc1NCc1ccc2oc3ccccc3c2c1. The Bertz CT molecular complexity index is 1340. The summed E-state index contributed by atoms with van der Waals surface area (Å²) in [7, 11) is 0. The number of nitrogens with zero attached hydrogens (tertiary/aromatic N) is 1. The number of aromatic amines is 1. The van der Waals surface area contributed by atoms with Crippen LogP contribution < -0.4 is 10.9 Å². The number of hydrogen-bond donors (Lipinski definition) is 2. The van der Waals surface area contributed by atoms with Crippen LogP contribution in [0.3, 0.4) is 0 Å². The minimum atomic E-state index is -0.191. The third-order valence-corrected chi connectivity index (χ3v) is 4.77. The molecule has 0 amide bonds. The fourth-order valence-electron chi connectivity index (χ4n) is 3.34. The molecule has 136 valence electrons. The molecule has 0 aliphatic rings. The number of hydrogen-bond acceptors (Lipinski definition) is 4. The van der Waals surface area contributed by atoms with Gasteiger partial charge in [-0.2, -0.15) is 0 Å². The topological polar surface area (TPSA) is 70.9 Å². The van der Waals surface area contributed by atoms with Crippen molar-refractivity contribution in [2.45, 2.75) is 6.54 Å². The Morgan fingerprint density at radius 2 is 1.68 bits per heavy atom. The van der Waals surface area contributed by atoms with Gasteiger partial charge in [0.15, 0.2) is 0 Å². The maximum atomic E-state index is 12.4. The Balaban J connectivity index is 1.40. The zero-order valence-corrected chi connectivity index (χ0v) is 15.0. The summed E-state index contributed by atoms with van der Waals surface area (Å²) in [5.74, 6) is 0.558. The van der Waals surface area contributed by atoms with Crippen LogP contribution in [-0.4, -0.2) is 9.97 Å². The van der Waals surface area contributed by atoms with Gasteiger partial charge in [0.2, 0.25) is 0 Å². The summed E-state index contributed by atoms with van der Waals surface area (Å²) in [5.41, 5.74) is 3.92. The Morgan fingerprint density at radius 3 is 2.54 bits per heavy atom. The second kappa shape index (κ2) is 6.70. The second-order valence-corrected chi connectivity index (χ2v) is 6.62. The van der Waals surface area contributed by atoms with Crippen LogP contribution in [0.4, 0.5) is 5.69 Å². The van der Waals surface area contributed by atoms with Gasteiger partial charge in [0.1, 0.15) is 22.7 Å². The highest BCUT2D eigenvalue weighted by Gasteiger charge is 2.08. The van der Waals surface area contributed by atoms with Crippen LogP contribution in [0.1, 0.15) is 5.56 Å². The number of H-pyrrole nitrogens is 1. The van der Waals surface area contributed by atoms with E-state index in [4.69, 9.17) is 4.42 Å². The summed E-state index contributed by atoms with van der Waals surface area (Å²) >= 11 is 0.